The van der Waals surface area contributed by atoms with Gasteiger partial charge in [-0.05, 0) is 43.7 Å². The van der Waals surface area contributed by atoms with Gasteiger partial charge in [-0.2, -0.15) is 5.10 Å². The van der Waals surface area contributed by atoms with E-state index in [1.165, 1.54) is 35.3 Å². The van der Waals surface area contributed by atoms with Crippen molar-refractivity contribution in [1.82, 2.24) is 9.78 Å². The zero-order valence-corrected chi connectivity index (χ0v) is 23.2. The number of amides is 2. The van der Waals surface area contributed by atoms with E-state index in [9.17, 15) is 23.1 Å². The van der Waals surface area contributed by atoms with Gasteiger partial charge in [-0.1, -0.05) is 60.0 Å². The first-order valence-corrected chi connectivity index (χ1v) is 14.1. The van der Waals surface area contributed by atoms with Crippen molar-refractivity contribution in [3.8, 4) is 11.4 Å². The first-order chi connectivity index (χ1) is 18.5. The predicted molar refractivity (Wildman–Crippen MR) is 151 cm³/mol. The summed E-state index contributed by atoms with van der Waals surface area (Å²) >= 11 is 12.5. The van der Waals surface area contributed by atoms with Crippen LogP contribution >= 0.6 is 23.2 Å². The van der Waals surface area contributed by atoms with Crippen molar-refractivity contribution < 1.29 is 23.1 Å². The monoisotopic (exact) mass is 586 g/mol. The molecule has 0 bridgehead atoms. The summed E-state index contributed by atoms with van der Waals surface area (Å²) in [6.07, 6.45) is 2.83. The van der Waals surface area contributed by atoms with Crippen molar-refractivity contribution in [2.75, 3.05) is 10.6 Å². The highest BCUT2D eigenvalue weighted by Crippen LogP contribution is 2.35. The molecule has 12 heteroatoms. The summed E-state index contributed by atoms with van der Waals surface area (Å²) in [4.78, 5) is 25.8. The van der Waals surface area contributed by atoms with Crippen LogP contribution in [0.4, 0.5) is 11.4 Å². The molecule has 4 rings (SSSR count). The van der Waals surface area contributed by atoms with Crippen molar-refractivity contribution >= 4 is 56.2 Å². The number of sulfone groups is 1. The Labute approximate surface area is 235 Å². The molecule has 0 aliphatic heterocycles. The Morgan fingerprint density at radius 1 is 1.00 bits per heavy atom. The summed E-state index contributed by atoms with van der Waals surface area (Å²) in [5, 5.41) is 18.7. The highest BCUT2D eigenvalue weighted by atomic mass is 35.5. The Balaban J connectivity index is 1.50. The number of aryl methyl sites for hydroxylation is 1. The number of halogens is 2. The second kappa shape index (κ2) is 11.5. The fourth-order valence-corrected chi connectivity index (χ4v) is 5.87. The maximum Gasteiger partial charge on any atom is 0.258 e. The first-order valence-electron chi connectivity index (χ1n) is 11.8. The maximum absolute atomic E-state index is 13.1. The molecule has 1 unspecified atom stereocenters. The lowest BCUT2D eigenvalue weighted by molar-refractivity contribution is -0.115. The van der Waals surface area contributed by atoms with Crippen LogP contribution in [0.1, 0.15) is 29.3 Å². The molecule has 9 nitrogen and oxygen atoms in total. The molecule has 3 aromatic carbocycles. The molecule has 0 saturated carbocycles. The van der Waals surface area contributed by atoms with E-state index < -0.39 is 32.7 Å². The van der Waals surface area contributed by atoms with Crippen LogP contribution in [0.5, 0.6) is 5.75 Å². The summed E-state index contributed by atoms with van der Waals surface area (Å²) in [7, 11) is -3.98. The van der Waals surface area contributed by atoms with Gasteiger partial charge >= 0.3 is 0 Å². The van der Waals surface area contributed by atoms with Crippen molar-refractivity contribution in [2.24, 2.45) is 0 Å². The van der Waals surface area contributed by atoms with Gasteiger partial charge in [0.05, 0.1) is 43.8 Å². The normalized spacial score (nSPS) is 12.1. The fraction of sp³-hybridized carbons (Fsp3) is 0.148. The van der Waals surface area contributed by atoms with Gasteiger partial charge in [-0.3, -0.25) is 9.59 Å². The number of benzene rings is 3. The molecule has 2 amide bonds. The zero-order valence-electron chi connectivity index (χ0n) is 20.9. The topological polar surface area (TPSA) is 130 Å². The number of phenolic OH excluding ortho intramolecular Hbond substituents is 1. The third-order valence-corrected chi connectivity index (χ3v) is 8.78. The number of carbonyl (C=O) groups excluding carboxylic acids is 2. The fourth-order valence-electron chi connectivity index (χ4n) is 3.81. The number of hydrogen-bond donors (Lipinski definition) is 3. The van der Waals surface area contributed by atoms with Crippen molar-refractivity contribution in [2.45, 2.75) is 30.4 Å². The minimum Gasteiger partial charge on any atom is -0.506 e. The van der Waals surface area contributed by atoms with Gasteiger partial charge in [0.15, 0.2) is 9.84 Å². The largest absolute Gasteiger partial charge is 0.506 e. The SMILES string of the molecule is CCC(C(=O)Nc1cc(O)c(NC(=O)c2cnn(-c3ccccc3Cl)c2)cc1Cl)S(=O)(=O)c1ccc(C)cc1. The van der Waals surface area contributed by atoms with E-state index in [4.69, 9.17) is 23.2 Å². The summed E-state index contributed by atoms with van der Waals surface area (Å²) in [6, 6.07) is 15.6. The standard InChI is InChI=1S/C27H24Cl2N4O5S/c1-3-25(39(37,38)18-10-8-16(2)9-11-18)27(36)31-21-13-24(34)22(12-20(21)29)32-26(35)17-14-30-33(15-17)23-7-5-4-6-19(23)28/h4-15,25,34H,3H2,1-2H3,(H,31,36)(H,32,35). The molecule has 1 heterocycles. The van der Waals surface area contributed by atoms with E-state index >= 15 is 0 Å². The summed E-state index contributed by atoms with van der Waals surface area (Å²) in [6.45, 7) is 3.41. The minimum absolute atomic E-state index is 0.0127. The van der Waals surface area contributed by atoms with Crippen LogP contribution in [0.15, 0.2) is 78.0 Å². The number of phenols is 1. The van der Waals surface area contributed by atoms with Crippen LogP contribution in [0.3, 0.4) is 0 Å². The number of hydrogen-bond acceptors (Lipinski definition) is 6. The van der Waals surface area contributed by atoms with Gasteiger partial charge in [0, 0.05) is 12.3 Å². The molecule has 0 saturated heterocycles. The maximum atomic E-state index is 13.1. The number of aromatic hydroxyl groups is 1. The Bertz CT molecular complexity index is 1650. The molecule has 3 N–H and O–H groups in total. The lowest BCUT2D eigenvalue weighted by Crippen LogP contribution is -2.34. The van der Waals surface area contributed by atoms with Gasteiger partial charge in [0.2, 0.25) is 5.91 Å². The second-order valence-corrected chi connectivity index (χ2v) is 11.6. The number of anilines is 2. The number of aromatic nitrogens is 2. The summed E-state index contributed by atoms with van der Waals surface area (Å²) < 4.78 is 27.6. The van der Waals surface area contributed by atoms with Crippen LogP contribution in [0.2, 0.25) is 10.0 Å². The van der Waals surface area contributed by atoms with Crippen LogP contribution in [-0.2, 0) is 14.6 Å². The van der Waals surface area contributed by atoms with Gasteiger partial charge in [0.1, 0.15) is 11.0 Å². The molecule has 39 heavy (non-hydrogen) atoms. The van der Waals surface area contributed by atoms with E-state index in [0.29, 0.717) is 10.7 Å². The average Bonchev–Trinajstić information content (AvgIpc) is 3.38. The number of nitrogens with zero attached hydrogens (tertiary/aromatic N) is 2. The van der Waals surface area contributed by atoms with Crippen molar-refractivity contribution in [3.05, 3.63) is 94.2 Å². The number of carbonyl (C=O) groups is 2. The quantitative estimate of drug-likeness (QED) is 0.229. The smallest absolute Gasteiger partial charge is 0.258 e. The molecule has 0 spiro atoms. The Hall–Kier alpha value is -3.86. The molecule has 0 aliphatic rings. The number of nitrogens with one attached hydrogen (secondary N) is 2. The Morgan fingerprint density at radius 2 is 1.69 bits per heavy atom. The molecule has 1 atom stereocenters. The van der Waals surface area contributed by atoms with Crippen LogP contribution in [0, 0.1) is 6.92 Å². The van der Waals surface area contributed by atoms with Gasteiger partial charge in [0.25, 0.3) is 5.91 Å². The summed E-state index contributed by atoms with van der Waals surface area (Å²) in [5.74, 6) is -1.77. The third-order valence-electron chi connectivity index (χ3n) is 5.92. The molecule has 1 aromatic heterocycles. The highest BCUT2D eigenvalue weighted by Gasteiger charge is 2.33. The van der Waals surface area contributed by atoms with Gasteiger partial charge in [-0.15, -0.1) is 0 Å². The van der Waals surface area contributed by atoms with Gasteiger partial charge in [-0.25, -0.2) is 13.1 Å². The Kier molecular flexibility index (Phi) is 8.29. The van der Waals surface area contributed by atoms with Crippen LogP contribution < -0.4 is 10.6 Å². The molecular weight excluding hydrogens is 563 g/mol. The van der Waals surface area contributed by atoms with Crippen LogP contribution in [-0.4, -0.2) is 40.4 Å². The van der Waals surface area contributed by atoms with E-state index in [0.717, 1.165) is 11.6 Å². The van der Waals surface area contributed by atoms with E-state index in [1.54, 1.807) is 43.3 Å². The molecule has 4 aromatic rings. The van der Waals surface area contributed by atoms with E-state index in [-0.39, 0.29) is 33.3 Å². The predicted octanol–water partition coefficient (Wildman–Crippen LogP) is 5.64. The lowest BCUT2D eigenvalue weighted by Gasteiger charge is -2.17. The first kappa shape index (κ1) is 28.2. The van der Waals surface area contributed by atoms with Gasteiger partial charge < -0.3 is 15.7 Å². The second-order valence-electron chi connectivity index (χ2n) is 8.67. The molecule has 0 aliphatic carbocycles. The van der Waals surface area contributed by atoms with E-state index in [1.807, 2.05) is 6.92 Å². The van der Waals surface area contributed by atoms with E-state index in [2.05, 4.69) is 15.7 Å². The third kappa shape index (κ3) is 6.08. The minimum atomic E-state index is -3.98. The number of para-hydroxylation sites is 1. The molecule has 0 radical (unpaired) electrons. The highest BCUT2D eigenvalue weighted by molar-refractivity contribution is 7.92. The number of rotatable bonds is 8. The lowest BCUT2D eigenvalue weighted by atomic mass is 10.2. The van der Waals surface area contributed by atoms with Crippen LogP contribution in [0.25, 0.3) is 5.69 Å². The molecule has 0 fully saturated rings. The van der Waals surface area contributed by atoms with Crippen molar-refractivity contribution in [1.29, 1.82) is 0 Å². The molecular formula is C27H24Cl2N4O5S. The molecule has 202 valence electrons. The van der Waals surface area contributed by atoms with Crippen molar-refractivity contribution in [3.63, 3.8) is 0 Å². The Morgan fingerprint density at radius 3 is 2.36 bits per heavy atom. The summed E-state index contributed by atoms with van der Waals surface area (Å²) in [5.41, 5.74) is 1.62. The average molecular weight is 587 g/mol. The zero-order chi connectivity index (χ0) is 28.3.